The van der Waals surface area contributed by atoms with Crippen LogP contribution in [0, 0.1) is 16.7 Å². The Kier molecular flexibility index (Phi) is 3.44. The smallest absolute Gasteiger partial charge is 0.244 e. The lowest BCUT2D eigenvalue weighted by Crippen LogP contribution is -2.40. The summed E-state index contributed by atoms with van der Waals surface area (Å²) in [5.74, 6) is 0.320. The SMILES string of the molecule is COc1ccc(Cl)c(NC(=O)C2(C#N)CCC2)c1. The Morgan fingerprint density at radius 3 is 2.78 bits per heavy atom. The maximum Gasteiger partial charge on any atom is 0.244 e. The van der Waals surface area contributed by atoms with Crippen molar-refractivity contribution in [2.45, 2.75) is 19.3 Å². The second-order valence-electron chi connectivity index (χ2n) is 4.35. The number of anilines is 1. The summed E-state index contributed by atoms with van der Waals surface area (Å²) >= 11 is 6.00. The molecule has 0 spiro atoms. The molecule has 5 heteroatoms. The molecule has 0 aromatic heterocycles. The highest BCUT2D eigenvalue weighted by molar-refractivity contribution is 6.33. The highest BCUT2D eigenvalue weighted by Crippen LogP contribution is 2.41. The van der Waals surface area contributed by atoms with Gasteiger partial charge in [0.25, 0.3) is 0 Å². The molecule has 1 amide bonds. The standard InChI is InChI=1S/C13H13ClN2O2/c1-18-9-3-4-10(14)11(7-9)16-12(17)13(8-15)5-2-6-13/h3-4,7H,2,5-6H2,1H3,(H,16,17). The van der Waals surface area contributed by atoms with Crippen molar-refractivity contribution in [1.82, 2.24) is 0 Å². The van der Waals surface area contributed by atoms with Crippen LogP contribution in [-0.2, 0) is 4.79 Å². The molecule has 1 fully saturated rings. The van der Waals surface area contributed by atoms with Gasteiger partial charge in [-0.3, -0.25) is 4.79 Å². The van der Waals surface area contributed by atoms with Gasteiger partial charge in [-0.2, -0.15) is 5.26 Å². The number of methoxy groups -OCH3 is 1. The molecule has 1 N–H and O–H groups in total. The van der Waals surface area contributed by atoms with E-state index in [0.717, 1.165) is 6.42 Å². The molecule has 1 aliphatic rings. The lowest BCUT2D eigenvalue weighted by Gasteiger charge is -2.33. The number of nitrogens with one attached hydrogen (secondary N) is 1. The maximum atomic E-state index is 12.1. The van der Waals surface area contributed by atoms with E-state index >= 15 is 0 Å². The number of nitrogens with zero attached hydrogens (tertiary/aromatic N) is 1. The Balaban J connectivity index is 2.19. The third-order valence-electron chi connectivity index (χ3n) is 3.28. The molecule has 2 rings (SSSR count). The van der Waals surface area contributed by atoms with Crippen LogP contribution in [0.15, 0.2) is 18.2 Å². The molecule has 0 aliphatic heterocycles. The monoisotopic (exact) mass is 264 g/mol. The third-order valence-corrected chi connectivity index (χ3v) is 3.61. The van der Waals surface area contributed by atoms with Gasteiger partial charge in [-0.15, -0.1) is 0 Å². The van der Waals surface area contributed by atoms with Gasteiger partial charge < -0.3 is 10.1 Å². The lowest BCUT2D eigenvalue weighted by molar-refractivity contribution is -0.126. The summed E-state index contributed by atoms with van der Waals surface area (Å²) in [4.78, 5) is 12.1. The number of hydrogen-bond donors (Lipinski definition) is 1. The van der Waals surface area contributed by atoms with Crippen molar-refractivity contribution in [3.05, 3.63) is 23.2 Å². The molecular formula is C13H13ClN2O2. The Hall–Kier alpha value is -1.73. The molecule has 18 heavy (non-hydrogen) atoms. The molecule has 0 radical (unpaired) electrons. The predicted molar refractivity (Wildman–Crippen MR) is 68.5 cm³/mol. The van der Waals surface area contributed by atoms with Crippen LogP contribution < -0.4 is 10.1 Å². The van der Waals surface area contributed by atoms with E-state index < -0.39 is 5.41 Å². The van der Waals surface area contributed by atoms with E-state index in [9.17, 15) is 4.79 Å². The molecular weight excluding hydrogens is 252 g/mol. The Morgan fingerprint density at radius 2 is 2.28 bits per heavy atom. The van der Waals surface area contributed by atoms with Crippen molar-refractivity contribution in [1.29, 1.82) is 5.26 Å². The first-order valence-corrected chi connectivity index (χ1v) is 6.05. The molecule has 0 heterocycles. The van der Waals surface area contributed by atoms with E-state index in [0.29, 0.717) is 29.3 Å². The molecule has 94 valence electrons. The molecule has 0 bridgehead atoms. The van der Waals surface area contributed by atoms with Crippen molar-refractivity contribution in [2.75, 3.05) is 12.4 Å². The highest BCUT2D eigenvalue weighted by atomic mass is 35.5. The zero-order valence-electron chi connectivity index (χ0n) is 10.00. The minimum atomic E-state index is -0.883. The molecule has 4 nitrogen and oxygen atoms in total. The fourth-order valence-electron chi connectivity index (χ4n) is 1.89. The van der Waals surface area contributed by atoms with Crippen molar-refractivity contribution in [2.24, 2.45) is 5.41 Å². The van der Waals surface area contributed by atoms with E-state index in [1.165, 1.54) is 7.11 Å². The number of rotatable bonds is 3. The van der Waals surface area contributed by atoms with Crippen LogP contribution in [0.4, 0.5) is 5.69 Å². The second-order valence-corrected chi connectivity index (χ2v) is 4.75. The zero-order chi connectivity index (χ0) is 13.2. The van der Waals surface area contributed by atoms with Crippen LogP contribution in [0.1, 0.15) is 19.3 Å². The van der Waals surface area contributed by atoms with Gasteiger partial charge in [0.05, 0.1) is 23.9 Å². The number of benzene rings is 1. The predicted octanol–water partition coefficient (Wildman–Crippen LogP) is 2.98. The Bertz CT molecular complexity index is 518. The maximum absolute atomic E-state index is 12.1. The lowest BCUT2D eigenvalue weighted by atomic mass is 9.69. The van der Waals surface area contributed by atoms with Crippen LogP contribution >= 0.6 is 11.6 Å². The minimum absolute atomic E-state index is 0.286. The van der Waals surface area contributed by atoms with Crippen LogP contribution in [0.25, 0.3) is 0 Å². The highest BCUT2D eigenvalue weighted by Gasteiger charge is 2.44. The van der Waals surface area contributed by atoms with Crippen LogP contribution in [0.3, 0.4) is 0 Å². The summed E-state index contributed by atoms with van der Waals surface area (Å²) in [7, 11) is 1.54. The van der Waals surface area contributed by atoms with E-state index in [1.54, 1.807) is 18.2 Å². The first-order chi connectivity index (χ1) is 8.61. The van der Waals surface area contributed by atoms with Gasteiger partial charge in [0.2, 0.25) is 5.91 Å². The molecule has 1 aromatic rings. The largest absolute Gasteiger partial charge is 0.497 e. The average molecular weight is 265 g/mol. The topological polar surface area (TPSA) is 62.1 Å². The summed E-state index contributed by atoms with van der Waals surface area (Å²) < 4.78 is 5.07. The first kappa shape index (κ1) is 12.7. The van der Waals surface area contributed by atoms with Crippen LogP contribution in [0.2, 0.25) is 5.02 Å². The number of hydrogen-bond acceptors (Lipinski definition) is 3. The normalized spacial score (nSPS) is 16.3. The van der Waals surface area contributed by atoms with Crippen molar-refractivity contribution >= 4 is 23.2 Å². The van der Waals surface area contributed by atoms with Crippen LogP contribution in [0.5, 0.6) is 5.75 Å². The molecule has 1 aliphatic carbocycles. The molecule has 0 atom stereocenters. The van der Waals surface area contributed by atoms with Crippen LogP contribution in [-0.4, -0.2) is 13.0 Å². The van der Waals surface area contributed by atoms with Crippen molar-refractivity contribution in [3.8, 4) is 11.8 Å². The number of amides is 1. The molecule has 0 unspecified atom stereocenters. The van der Waals surface area contributed by atoms with Gasteiger partial charge in [-0.1, -0.05) is 11.6 Å². The molecule has 1 aromatic carbocycles. The summed E-state index contributed by atoms with van der Waals surface area (Å²) in [6.07, 6.45) is 2.13. The molecule has 0 saturated heterocycles. The third kappa shape index (κ3) is 2.14. The van der Waals surface area contributed by atoms with Gasteiger partial charge in [0, 0.05) is 6.07 Å². The number of nitriles is 1. The minimum Gasteiger partial charge on any atom is -0.497 e. The first-order valence-electron chi connectivity index (χ1n) is 5.67. The van der Waals surface area contributed by atoms with Gasteiger partial charge in [0.15, 0.2) is 0 Å². The van der Waals surface area contributed by atoms with Gasteiger partial charge in [0.1, 0.15) is 11.2 Å². The Labute approximate surface area is 111 Å². The van der Waals surface area contributed by atoms with Gasteiger partial charge in [-0.05, 0) is 31.4 Å². The number of halogens is 1. The van der Waals surface area contributed by atoms with E-state index in [2.05, 4.69) is 11.4 Å². The number of ether oxygens (including phenoxy) is 1. The molecule has 1 saturated carbocycles. The summed E-state index contributed by atoms with van der Waals surface area (Å²) in [5, 5.41) is 12.2. The summed E-state index contributed by atoms with van der Waals surface area (Å²) in [6, 6.07) is 7.10. The van der Waals surface area contributed by atoms with Gasteiger partial charge >= 0.3 is 0 Å². The Morgan fingerprint density at radius 1 is 1.56 bits per heavy atom. The number of carbonyl (C=O) groups excluding carboxylic acids is 1. The summed E-state index contributed by atoms with van der Waals surface area (Å²) in [5.41, 5.74) is -0.408. The quantitative estimate of drug-likeness (QED) is 0.913. The van der Waals surface area contributed by atoms with Gasteiger partial charge in [-0.25, -0.2) is 0 Å². The average Bonchev–Trinajstić information content (AvgIpc) is 2.31. The van der Waals surface area contributed by atoms with E-state index in [4.69, 9.17) is 21.6 Å². The van der Waals surface area contributed by atoms with E-state index in [1.807, 2.05) is 0 Å². The van der Waals surface area contributed by atoms with E-state index in [-0.39, 0.29) is 5.91 Å². The van der Waals surface area contributed by atoms with Crippen molar-refractivity contribution < 1.29 is 9.53 Å². The zero-order valence-corrected chi connectivity index (χ0v) is 10.8. The number of carbonyl (C=O) groups is 1. The summed E-state index contributed by atoms with van der Waals surface area (Å²) in [6.45, 7) is 0. The fourth-order valence-corrected chi connectivity index (χ4v) is 2.05. The van der Waals surface area contributed by atoms with Crippen molar-refractivity contribution in [3.63, 3.8) is 0 Å². The fraction of sp³-hybridized carbons (Fsp3) is 0.385. The second kappa shape index (κ2) is 4.87.